The molecule has 0 saturated carbocycles. The highest BCUT2D eigenvalue weighted by Crippen LogP contribution is 2.31. The summed E-state index contributed by atoms with van der Waals surface area (Å²) in [6, 6.07) is 10.6. The second-order valence-electron chi connectivity index (χ2n) is 7.12. The van der Waals surface area contributed by atoms with Crippen LogP contribution in [-0.4, -0.2) is 45.8 Å². The number of fused-ring (bicyclic) bond motifs is 1. The zero-order valence-corrected chi connectivity index (χ0v) is 15.3. The number of benzene rings is 1. The first-order valence-electron chi connectivity index (χ1n) is 9.68. The van der Waals surface area contributed by atoms with E-state index in [1.807, 2.05) is 24.5 Å². The molecule has 1 saturated heterocycles. The first-order chi connectivity index (χ1) is 13.4. The molecule has 0 bridgehead atoms. The maximum Gasteiger partial charge on any atom is 0.164 e. The minimum atomic E-state index is 0.436. The highest BCUT2D eigenvalue weighted by atomic mass is 16.5. The average molecular weight is 361 g/mol. The van der Waals surface area contributed by atoms with Crippen LogP contribution in [0.1, 0.15) is 31.0 Å². The fourth-order valence-corrected chi connectivity index (χ4v) is 3.95. The van der Waals surface area contributed by atoms with Gasteiger partial charge in [0.15, 0.2) is 11.5 Å². The summed E-state index contributed by atoms with van der Waals surface area (Å²) in [5, 5.41) is 3.44. The van der Waals surface area contributed by atoms with E-state index in [1.165, 1.54) is 5.57 Å². The van der Waals surface area contributed by atoms with Crippen molar-refractivity contribution in [1.82, 2.24) is 24.8 Å². The summed E-state index contributed by atoms with van der Waals surface area (Å²) in [6.45, 7) is 3.44. The summed E-state index contributed by atoms with van der Waals surface area (Å²) in [7, 11) is 0. The van der Waals surface area contributed by atoms with E-state index in [1.54, 1.807) is 0 Å². The molecule has 6 nitrogen and oxygen atoms in total. The van der Waals surface area contributed by atoms with Crippen LogP contribution < -0.4 is 5.32 Å². The van der Waals surface area contributed by atoms with Crippen molar-refractivity contribution in [3.05, 3.63) is 48.4 Å². The first-order valence-corrected chi connectivity index (χ1v) is 9.68. The van der Waals surface area contributed by atoms with Crippen molar-refractivity contribution >= 4 is 16.7 Å². The van der Waals surface area contributed by atoms with Crippen molar-refractivity contribution in [2.45, 2.75) is 25.3 Å². The molecule has 0 atom stereocenters. The van der Waals surface area contributed by atoms with Crippen LogP contribution in [0.25, 0.3) is 28.1 Å². The van der Waals surface area contributed by atoms with E-state index in [2.05, 4.69) is 28.1 Å². The molecule has 1 N–H and O–H groups in total. The number of hydrogen-bond donors (Lipinski definition) is 1. The largest absolute Gasteiger partial charge is 0.377 e. The molecule has 4 heterocycles. The quantitative estimate of drug-likeness (QED) is 0.776. The van der Waals surface area contributed by atoms with Gasteiger partial charge in [0.1, 0.15) is 5.52 Å². The van der Waals surface area contributed by atoms with E-state index in [0.717, 1.165) is 67.2 Å². The van der Waals surface area contributed by atoms with Crippen LogP contribution in [0, 0.1) is 0 Å². The number of ether oxygens (including phenoxy) is 1. The fourth-order valence-electron chi connectivity index (χ4n) is 3.95. The summed E-state index contributed by atoms with van der Waals surface area (Å²) >= 11 is 0. The van der Waals surface area contributed by atoms with Gasteiger partial charge in [-0.05, 0) is 37.9 Å². The van der Waals surface area contributed by atoms with Crippen LogP contribution in [0.4, 0.5) is 0 Å². The van der Waals surface area contributed by atoms with Crippen molar-refractivity contribution in [2.24, 2.45) is 0 Å². The molecule has 0 radical (unpaired) electrons. The standard InChI is InChI=1S/C21H23N5O/c1-2-4-16(5-3-1)20-24-18(15-8-12-27-13-9-15)19-21(25-20)26(14-23-19)17-6-10-22-11-7-17/h1-5,8,14,17,22H,6-7,9-13H2. The van der Waals surface area contributed by atoms with E-state index in [-0.39, 0.29) is 0 Å². The Labute approximate surface area is 158 Å². The Kier molecular flexibility index (Phi) is 4.43. The molecular weight excluding hydrogens is 338 g/mol. The topological polar surface area (TPSA) is 64.9 Å². The Hall–Kier alpha value is -2.57. The number of nitrogens with one attached hydrogen (secondary N) is 1. The minimum Gasteiger partial charge on any atom is -0.377 e. The van der Waals surface area contributed by atoms with Gasteiger partial charge < -0.3 is 14.6 Å². The second kappa shape index (κ2) is 7.21. The van der Waals surface area contributed by atoms with E-state index >= 15 is 0 Å². The smallest absolute Gasteiger partial charge is 0.164 e. The Balaban J connectivity index is 1.70. The molecule has 1 fully saturated rings. The number of rotatable bonds is 3. The molecule has 6 heteroatoms. The minimum absolute atomic E-state index is 0.436. The highest BCUT2D eigenvalue weighted by Gasteiger charge is 2.22. The Morgan fingerprint density at radius 2 is 1.93 bits per heavy atom. The van der Waals surface area contributed by atoms with Crippen LogP contribution in [0.2, 0.25) is 0 Å². The van der Waals surface area contributed by atoms with Gasteiger partial charge in [-0.2, -0.15) is 0 Å². The van der Waals surface area contributed by atoms with E-state index in [0.29, 0.717) is 12.6 Å². The van der Waals surface area contributed by atoms with Gasteiger partial charge in [0.05, 0.1) is 25.2 Å². The molecule has 5 rings (SSSR count). The molecule has 0 spiro atoms. The molecule has 1 aromatic carbocycles. The van der Waals surface area contributed by atoms with Gasteiger partial charge >= 0.3 is 0 Å². The lowest BCUT2D eigenvalue weighted by Crippen LogP contribution is -2.29. The summed E-state index contributed by atoms with van der Waals surface area (Å²) < 4.78 is 7.75. The van der Waals surface area contributed by atoms with Crippen molar-refractivity contribution in [3.63, 3.8) is 0 Å². The fraction of sp³-hybridized carbons (Fsp3) is 0.381. The number of imidazole rings is 1. The van der Waals surface area contributed by atoms with Gasteiger partial charge in [0.2, 0.25) is 0 Å². The number of nitrogens with zero attached hydrogens (tertiary/aromatic N) is 4. The van der Waals surface area contributed by atoms with Gasteiger partial charge in [-0.1, -0.05) is 36.4 Å². The van der Waals surface area contributed by atoms with E-state index in [9.17, 15) is 0 Å². The Morgan fingerprint density at radius 3 is 2.70 bits per heavy atom. The molecule has 2 aromatic heterocycles. The van der Waals surface area contributed by atoms with Gasteiger partial charge in [0.25, 0.3) is 0 Å². The predicted molar refractivity (Wildman–Crippen MR) is 105 cm³/mol. The summed E-state index contributed by atoms with van der Waals surface area (Å²) in [6.07, 6.45) is 7.14. The van der Waals surface area contributed by atoms with Crippen LogP contribution in [0.15, 0.2) is 42.7 Å². The predicted octanol–water partition coefficient (Wildman–Crippen LogP) is 3.22. The summed E-state index contributed by atoms with van der Waals surface area (Å²) in [5.41, 5.74) is 5.04. The number of hydrogen-bond acceptors (Lipinski definition) is 5. The molecule has 3 aromatic rings. The summed E-state index contributed by atoms with van der Waals surface area (Å²) in [4.78, 5) is 14.6. The highest BCUT2D eigenvalue weighted by molar-refractivity contribution is 5.87. The summed E-state index contributed by atoms with van der Waals surface area (Å²) in [5.74, 6) is 0.765. The molecule has 27 heavy (non-hydrogen) atoms. The first kappa shape index (κ1) is 16.6. The Bertz CT molecular complexity index is 973. The molecule has 0 amide bonds. The van der Waals surface area contributed by atoms with Gasteiger partial charge in [-0.3, -0.25) is 0 Å². The third-order valence-electron chi connectivity index (χ3n) is 5.42. The third-order valence-corrected chi connectivity index (χ3v) is 5.42. The van der Waals surface area contributed by atoms with Crippen molar-refractivity contribution in [2.75, 3.05) is 26.3 Å². The molecular formula is C21H23N5O. The number of aromatic nitrogens is 4. The zero-order chi connectivity index (χ0) is 18.1. The Morgan fingerprint density at radius 1 is 1.07 bits per heavy atom. The van der Waals surface area contributed by atoms with Crippen molar-refractivity contribution < 1.29 is 4.74 Å². The molecule has 0 aliphatic carbocycles. The normalized spacial score (nSPS) is 18.6. The van der Waals surface area contributed by atoms with Gasteiger partial charge in [0, 0.05) is 11.6 Å². The maximum atomic E-state index is 5.50. The monoisotopic (exact) mass is 361 g/mol. The average Bonchev–Trinajstić information content (AvgIpc) is 3.19. The van der Waals surface area contributed by atoms with Crippen LogP contribution in [0.3, 0.4) is 0 Å². The van der Waals surface area contributed by atoms with E-state index < -0.39 is 0 Å². The van der Waals surface area contributed by atoms with Gasteiger partial charge in [-0.15, -0.1) is 0 Å². The molecule has 2 aliphatic rings. The zero-order valence-electron chi connectivity index (χ0n) is 15.3. The van der Waals surface area contributed by atoms with Crippen LogP contribution in [0.5, 0.6) is 0 Å². The SMILES string of the molecule is C1=C(c2nc(-c3ccccc3)nc3c2ncn3C2CCNCC2)CCOC1. The number of piperidine rings is 1. The maximum absolute atomic E-state index is 5.50. The van der Waals surface area contributed by atoms with Crippen molar-refractivity contribution in [1.29, 1.82) is 0 Å². The van der Waals surface area contributed by atoms with E-state index in [4.69, 9.17) is 19.7 Å². The van der Waals surface area contributed by atoms with Crippen LogP contribution >= 0.6 is 0 Å². The van der Waals surface area contributed by atoms with Gasteiger partial charge in [-0.25, -0.2) is 15.0 Å². The van der Waals surface area contributed by atoms with Crippen LogP contribution in [-0.2, 0) is 4.74 Å². The lowest BCUT2D eigenvalue weighted by atomic mass is 10.1. The second-order valence-corrected chi connectivity index (χ2v) is 7.12. The third kappa shape index (κ3) is 3.15. The molecule has 138 valence electrons. The molecule has 0 unspecified atom stereocenters. The lowest BCUT2D eigenvalue weighted by Gasteiger charge is -2.24. The molecule has 2 aliphatic heterocycles. The van der Waals surface area contributed by atoms with Crippen molar-refractivity contribution in [3.8, 4) is 11.4 Å². The lowest BCUT2D eigenvalue weighted by molar-refractivity contribution is 0.161.